The van der Waals surface area contributed by atoms with Crippen LogP contribution in [0, 0.1) is 0 Å². The molecule has 7 heteroatoms. The van der Waals surface area contributed by atoms with Gasteiger partial charge in [0, 0.05) is 12.2 Å². The third kappa shape index (κ3) is 4.56. The standard InChI is InChI=1S/C10H12F3N3S/c1-6(5-10(11,12)13)16-9-7(8(14)17)3-2-4-15-9/h2-4,6H,5H2,1H3,(H2,14,17)(H,15,16). The smallest absolute Gasteiger partial charge is 0.389 e. The fraction of sp³-hybridized carbons (Fsp3) is 0.400. The van der Waals surface area contributed by atoms with E-state index in [2.05, 4.69) is 10.3 Å². The molecule has 0 aliphatic heterocycles. The lowest BCUT2D eigenvalue weighted by molar-refractivity contribution is -0.136. The van der Waals surface area contributed by atoms with Crippen molar-refractivity contribution < 1.29 is 13.2 Å². The second-order valence-electron chi connectivity index (χ2n) is 3.63. The number of nitrogens with one attached hydrogen (secondary N) is 1. The van der Waals surface area contributed by atoms with Crippen LogP contribution in [0.15, 0.2) is 18.3 Å². The summed E-state index contributed by atoms with van der Waals surface area (Å²) in [6.45, 7) is 1.42. The van der Waals surface area contributed by atoms with Crippen molar-refractivity contribution in [3.8, 4) is 0 Å². The fourth-order valence-electron chi connectivity index (χ4n) is 1.35. The molecule has 0 aliphatic carbocycles. The van der Waals surface area contributed by atoms with Crippen LogP contribution in [-0.2, 0) is 0 Å². The van der Waals surface area contributed by atoms with Crippen LogP contribution in [-0.4, -0.2) is 22.2 Å². The maximum absolute atomic E-state index is 12.2. The van der Waals surface area contributed by atoms with Crippen LogP contribution in [0.4, 0.5) is 19.0 Å². The molecule has 1 aromatic heterocycles. The first-order chi connectivity index (χ1) is 7.79. The van der Waals surface area contributed by atoms with Crippen LogP contribution in [0.25, 0.3) is 0 Å². The average molecular weight is 263 g/mol. The van der Waals surface area contributed by atoms with E-state index in [1.54, 1.807) is 12.1 Å². The zero-order chi connectivity index (χ0) is 13.1. The minimum atomic E-state index is -4.22. The van der Waals surface area contributed by atoms with Gasteiger partial charge in [-0.3, -0.25) is 0 Å². The van der Waals surface area contributed by atoms with Crippen molar-refractivity contribution in [1.29, 1.82) is 0 Å². The molecule has 0 spiro atoms. The Hall–Kier alpha value is -1.37. The Kier molecular flexibility index (Phi) is 4.28. The van der Waals surface area contributed by atoms with Gasteiger partial charge in [-0.25, -0.2) is 4.98 Å². The molecule has 0 bridgehead atoms. The predicted molar refractivity (Wildman–Crippen MR) is 63.9 cm³/mol. The monoisotopic (exact) mass is 263 g/mol. The molecule has 1 atom stereocenters. The van der Waals surface area contributed by atoms with Crippen LogP contribution >= 0.6 is 12.2 Å². The number of aromatic nitrogens is 1. The molecular weight excluding hydrogens is 251 g/mol. The second kappa shape index (κ2) is 5.31. The molecular formula is C10H12F3N3S. The third-order valence-corrected chi connectivity index (χ3v) is 2.21. The van der Waals surface area contributed by atoms with Gasteiger partial charge in [-0.2, -0.15) is 13.2 Å². The average Bonchev–Trinajstić information content (AvgIpc) is 2.14. The van der Waals surface area contributed by atoms with Crippen molar-refractivity contribution in [3.63, 3.8) is 0 Å². The fourth-order valence-corrected chi connectivity index (χ4v) is 1.52. The molecule has 0 radical (unpaired) electrons. The summed E-state index contributed by atoms with van der Waals surface area (Å²) < 4.78 is 36.5. The van der Waals surface area contributed by atoms with E-state index in [1.165, 1.54) is 13.1 Å². The van der Waals surface area contributed by atoms with Gasteiger partial charge in [0.05, 0.1) is 12.0 Å². The van der Waals surface area contributed by atoms with Crippen LogP contribution in [0.2, 0.25) is 0 Å². The highest BCUT2D eigenvalue weighted by molar-refractivity contribution is 7.80. The third-order valence-electron chi connectivity index (χ3n) is 1.99. The number of nitrogens with two attached hydrogens (primary N) is 1. The molecule has 3 N–H and O–H groups in total. The number of anilines is 1. The number of halogens is 3. The van der Waals surface area contributed by atoms with Gasteiger partial charge < -0.3 is 11.1 Å². The molecule has 1 unspecified atom stereocenters. The zero-order valence-corrected chi connectivity index (χ0v) is 9.90. The van der Waals surface area contributed by atoms with Crippen LogP contribution in [0.1, 0.15) is 18.9 Å². The van der Waals surface area contributed by atoms with E-state index in [-0.39, 0.29) is 10.8 Å². The summed E-state index contributed by atoms with van der Waals surface area (Å²) in [5.74, 6) is 0.275. The Morgan fingerprint density at radius 1 is 1.59 bits per heavy atom. The molecule has 1 aromatic rings. The summed E-state index contributed by atoms with van der Waals surface area (Å²) in [5, 5.41) is 2.65. The number of nitrogens with zero attached hydrogens (tertiary/aromatic N) is 1. The molecule has 94 valence electrons. The summed E-state index contributed by atoms with van der Waals surface area (Å²) in [5.41, 5.74) is 5.89. The van der Waals surface area contributed by atoms with Crippen molar-refractivity contribution in [2.45, 2.75) is 25.6 Å². The van der Waals surface area contributed by atoms with Crippen molar-refractivity contribution in [2.75, 3.05) is 5.32 Å². The summed E-state index contributed by atoms with van der Waals surface area (Å²) in [7, 11) is 0. The number of thiocarbonyl (C=S) groups is 1. The first kappa shape index (κ1) is 13.7. The van der Waals surface area contributed by atoms with Crippen LogP contribution in [0.5, 0.6) is 0 Å². The second-order valence-corrected chi connectivity index (χ2v) is 4.07. The number of alkyl halides is 3. The van der Waals surface area contributed by atoms with Gasteiger partial charge in [-0.1, -0.05) is 12.2 Å². The van der Waals surface area contributed by atoms with E-state index < -0.39 is 18.6 Å². The normalized spacial score (nSPS) is 13.2. The molecule has 0 aromatic carbocycles. The summed E-state index contributed by atoms with van der Waals surface area (Å²) >= 11 is 4.79. The first-order valence-electron chi connectivity index (χ1n) is 4.87. The highest BCUT2D eigenvalue weighted by atomic mass is 32.1. The minimum absolute atomic E-state index is 0.0970. The first-order valence-corrected chi connectivity index (χ1v) is 5.28. The molecule has 0 aliphatic rings. The van der Waals surface area contributed by atoms with E-state index in [4.69, 9.17) is 18.0 Å². The Bertz CT molecular complexity index is 406. The van der Waals surface area contributed by atoms with Gasteiger partial charge >= 0.3 is 6.18 Å². The van der Waals surface area contributed by atoms with Crippen molar-refractivity contribution in [3.05, 3.63) is 23.9 Å². The SMILES string of the molecule is CC(CC(F)(F)F)Nc1ncccc1C(N)=S. The van der Waals surface area contributed by atoms with Crippen LogP contribution < -0.4 is 11.1 Å². The van der Waals surface area contributed by atoms with E-state index in [0.717, 1.165) is 0 Å². The van der Waals surface area contributed by atoms with Crippen LogP contribution in [0.3, 0.4) is 0 Å². The molecule has 0 saturated heterocycles. The molecule has 0 amide bonds. The van der Waals surface area contributed by atoms with Gasteiger partial charge in [-0.15, -0.1) is 0 Å². The Morgan fingerprint density at radius 3 is 2.76 bits per heavy atom. The number of pyridine rings is 1. The Balaban J connectivity index is 2.78. The van der Waals surface area contributed by atoms with Gasteiger partial charge in [0.2, 0.25) is 0 Å². The lowest BCUT2D eigenvalue weighted by Gasteiger charge is -2.17. The molecule has 1 rings (SSSR count). The summed E-state index contributed by atoms with van der Waals surface area (Å²) in [6, 6.07) is 2.43. The highest BCUT2D eigenvalue weighted by Crippen LogP contribution is 2.23. The molecule has 0 fully saturated rings. The zero-order valence-electron chi connectivity index (χ0n) is 9.08. The van der Waals surface area contributed by atoms with Crippen molar-refractivity contribution >= 4 is 23.0 Å². The maximum atomic E-state index is 12.2. The van der Waals surface area contributed by atoms with E-state index in [0.29, 0.717) is 5.56 Å². The quantitative estimate of drug-likeness (QED) is 0.819. The minimum Gasteiger partial charge on any atom is -0.389 e. The maximum Gasteiger partial charge on any atom is 0.391 e. The lowest BCUT2D eigenvalue weighted by Crippen LogP contribution is -2.26. The largest absolute Gasteiger partial charge is 0.391 e. The molecule has 1 heterocycles. The van der Waals surface area contributed by atoms with E-state index in [1.807, 2.05) is 0 Å². The van der Waals surface area contributed by atoms with E-state index >= 15 is 0 Å². The topological polar surface area (TPSA) is 50.9 Å². The number of rotatable bonds is 4. The number of hydrogen-bond acceptors (Lipinski definition) is 3. The Labute approximate surface area is 102 Å². The van der Waals surface area contributed by atoms with Gasteiger partial charge in [0.15, 0.2) is 0 Å². The highest BCUT2D eigenvalue weighted by Gasteiger charge is 2.30. The number of hydrogen-bond donors (Lipinski definition) is 2. The molecule has 0 saturated carbocycles. The van der Waals surface area contributed by atoms with E-state index in [9.17, 15) is 13.2 Å². The van der Waals surface area contributed by atoms with Crippen molar-refractivity contribution in [1.82, 2.24) is 4.98 Å². The Morgan fingerprint density at radius 2 is 2.24 bits per heavy atom. The van der Waals surface area contributed by atoms with Gasteiger partial charge in [-0.05, 0) is 19.1 Å². The van der Waals surface area contributed by atoms with Gasteiger partial charge in [0.25, 0.3) is 0 Å². The van der Waals surface area contributed by atoms with Gasteiger partial charge in [0.1, 0.15) is 10.8 Å². The van der Waals surface area contributed by atoms with Crippen molar-refractivity contribution in [2.24, 2.45) is 5.73 Å². The molecule has 17 heavy (non-hydrogen) atoms. The lowest BCUT2D eigenvalue weighted by atomic mass is 10.2. The molecule has 3 nitrogen and oxygen atoms in total. The summed E-state index contributed by atoms with van der Waals surface area (Å²) in [4.78, 5) is 4.02. The predicted octanol–water partition coefficient (Wildman–Crippen LogP) is 2.47. The summed E-state index contributed by atoms with van der Waals surface area (Å²) in [6.07, 6.45) is -3.70.